The van der Waals surface area contributed by atoms with E-state index in [1.165, 1.54) is 4.31 Å². The van der Waals surface area contributed by atoms with Crippen molar-refractivity contribution in [3.63, 3.8) is 0 Å². The second-order valence-corrected chi connectivity index (χ2v) is 13.8. The van der Waals surface area contributed by atoms with Crippen molar-refractivity contribution in [3.8, 4) is 0 Å². The van der Waals surface area contributed by atoms with Crippen molar-refractivity contribution in [3.05, 3.63) is 137 Å². The van der Waals surface area contributed by atoms with Gasteiger partial charge in [-0.3, -0.25) is 4.79 Å². The van der Waals surface area contributed by atoms with E-state index in [2.05, 4.69) is 0 Å². The van der Waals surface area contributed by atoms with Crippen LogP contribution in [0.5, 0.6) is 0 Å². The van der Waals surface area contributed by atoms with E-state index in [1.54, 1.807) is 27.7 Å². The van der Waals surface area contributed by atoms with Crippen LogP contribution in [0.2, 0.25) is 0 Å². The number of benzene rings is 4. The summed E-state index contributed by atoms with van der Waals surface area (Å²) < 4.78 is 42.4. The van der Waals surface area contributed by atoms with Gasteiger partial charge in [0.2, 0.25) is 10.0 Å². The first-order chi connectivity index (χ1) is 22.0. The van der Waals surface area contributed by atoms with Gasteiger partial charge in [0.1, 0.15) is 6.10 Å². The predicted molar refractivity (Wildman–Crippen MR) is 180 cm³/mol. The Kier molecular flexibility index (Phi) is 12.3. The fourth-order valence-electron chi connectivity index (χ4n) is 5.75. The maximum Gasteiger partial charge on any atom is 0.311 e. The molecule has 4 aromatic rings. The molecule has 0 aliphatic rings. The Labute approximate surface area is 273 Å². The maximum absolute atomic E-state index is 14.6. The molecule has 4 rings (SSSR count). The molecule has 46 heavy (non-hydrogen) atoms. The maximum atomic E-state index is 14.6. The van der Waals surface area contributed by atoms with E-state index < -0.39 is 40.2 Å². The van der Waals surface area contributed by atoms with Crippen LogP contribution in [0.15, 0.2) is 108 Å². The molecular weight excluding hydrogens is 598 g/mol. The standard InChI is InChI=1S/C38H45NO6S/c1-27-23-28(2)37(29(3)24-27)46(42,43)39(25-32-15-9-6-10-16-32)31(5)36(34-19-13-8-14-20-34)45-38(41)30(4)35(40)21-22-44-26-33-17-11-7-12-18-33/h6-20,23-24,30-31,35-36,40H,21-22,25-26H2,1-5H3/t30-,31+,35-,36+/m1/s1. The van der Waals surface area contributed by atoms with Crippen LogP contribution in [0, 0.1) is 26.7 Å². The van der Waals surface area contributed by atoms with Gasteiger partial charge >= 0.3 is 5.97 Å². The molecular formula is C38H45NO6S. The zero-order valence-corrected chi connectivity index (χ0v) is 28.1. The van der Waals surface area contributed by atoms with E-state index in [4.69, 9.17) is 9.47 Å². The summed E-state index contributed by atoms with van der Waals surface area (Å²) in [4.78, 5) is 13.8. The van der Waals surface area contributed by atoms with Gasteiger partial charge in [0.05, 0.1) is 29.6 Å². The van der Waals surface area contributed by atoms with E-state index in [-0.39, 0.29) is 24.5 Å². The van der Waals surface area contributed by atoms with Crippen molar-refractivity contribution < 1.29 is 27.8 Å². The van der Waals surface area contributed by atoms with Crippen molar-refractivity contribution in [1.29, 1.82) is 0 Å². The van der Waals surface area contributed by atoms with Crippen LogP contribution in [0.1, 0.15) is 59.8 Å². The lowest BCUT2D eigenvalue weighted by Crippen LogP contribution is -2.44. The highest BCUT2D eigenvalue weighted by molar-refractivity contribution is 7.89. The molecule has 0 aliphatic heterocycles. The average Bonchev–Trinajstić information content (AvgIpc) is 3.04. The zero-order chi connectivity index (χ0) is 33.3. The Morgan fingerprint density at radius 3 is 1.89 bits per heavy atom. The van der Waals surface area contributed by atoms with Gasteiger partial charge in [0.15, 0.2) is 0 Å². The van der Waals surface area contributed by atoms with Gasteiger partial charge in [-0.15, -0.1) is 0 Å². The molecule has 0 spiro atoms. The first kappa shape index (κ1) is 35.0. The minimum atomic E-state index is -4.06. The SMILES string of the molecule is Cc1cc(C)c(S(=O)(=O)N(Cc2ccccc2)[C@@H](C)[C@H](OC(=O)[C@H](C)[C@H](O)CCOCc2ccccc2)c2ccccc2)c(C)c1. The summed E-state index contributed by atoms with van der Waals surface area (Å²) in [6.07, 6.45) is -1.70. The van der Waals surface area contributed by atoms with Gasteiger partial charge in [0.25, 0.3) is 0 Å². The first-order valence-electron chi connectivity index (χ1n) is 15.7. The van der Waals surface area contributed by atoms with Crippen LogP contribution in [0.25, 0.3) is 0 Å². The third-order valence-corrected chi connectivity index (χ3v) is 10.5. The lowest BCUT2D eigenvalue weighted by Gasteiger charge is -2.35. The van der Waals surface area contributed by atoms with E-state index in [0.717, 1.165) is 16.7 Å². The molecule has 0 amide bonds. The van der Waals surface area contributed by atoms with E-state index in [1.807, 2.05) is 110 Å². The molecule has 0 bridgehead atoms. The number of esters is 1. The van der Waals surface area contributed by atoms with Gasteiger partial charge < -0.3 is 14.6 Å². The van der Waals surface area contributed by atoms with Gasteiger partial charge in [-0.1, -0.05) is 109 Å². The van der Waals surface area contributed by atoms with E-state index >= 15 is 0 Å². The van der Waals surface area contributed by atoms with Crippen LogP contribution in [0.3, 0.4) is 0 Å². The highest BCUT2D eigenvalue weighted by Gasteiger charge is 2.39. The Balaban J connectivity index is 1.60. The molecule has 0 aliphatic carbocycles. The second-order valence-electron chi connectivity index (χ2n) is 12.0. The summed E-state index contributed by atoms with van der Waals surface area (Å²) in [5, 5.41) is 10.9. The Morgan fingerprint density at radius 2 is 1.33 bits per heavy atom. The molecule has 0 aromatic heterocycles. The van der Waals surface area contributed by atoms with Crippen molar-refractivity contribution in [2.75, 3.05) is 6.61 Å². The fraction of sp³-hybridized carbons (Fsp3) is 0.342. The van der Waals surface area contributed by atoms with Crippen LogP contribution in [-0.4, -0.2) is 42.6 Å². The summed E-state index contributed by atoms with van der Waals surface area (Å²) >= 11 is 0. The molecule has 7 nitrogen and oxygen atoms in total. The molecule has 0 saturated heterocycles. The molecule has 0 saturated carbocycles. The van der Waals surface area contributed by atoms with Crippen molar-refractivity contribution in [2.45, 2.75) is 77.3 Å². The highest BCUT2D eigenvalue weighted by Crippen LogP contribution is 2.34. The molecule has 0 heterocycles. The number of nitrogens with zero attached hydrogens (tertiary/aromatic N) is 1. The summed E-state index contributed by atoms with van der Waals surface area (Å²) in [7, 11) is -4.06. The fourth-order valence-corrected chi connectivity index (χ4v) is 7.78. The number of aliphatic hydroxyl groups is 1. The minimum Gasteiger partial charge on any atom is -0.455 e. The lowest BCUT2D eigenvalue weighted by atomic mass is 10.0. The predicted octanol–water partition coefficient (Wildman–Crippen LogP) is 7.08. The Hall–Kier alpha value is -3.82. The first-order valence-corrected chi connectivity index (χ1v) is 17.1. The Bertz CT molecular complexity index is 1640. The number of aliphatic hydroxyl groups excluding tert-OH is 1. The summed E-state index contributed by atoms with van der Waals surface area (Å²) in [5.74, 6) is -1.48. The molecule has 4 aromatic carbocycles. The molecule has 4 atom stereocenters. The molecule has 8 heteroatoms. The van der Waals surface area contributed by atoms with Crippen LogP contribution < -0.4 is 0 Å². The number of carbonyl (C=O) groups excluding carboxylic acids is 1. The topological polar surface area (TPSA) is 93.1 Å². The molecule has 0 radical (unpaired) electrons. The number of rotatable bonds is 15. The van der Waals surface area contributed by atoms with E-state index in [0.29, 0.717) is 23.3 Å². The minimum absolute atomic E-state index is 0.0783. The van der Waals surface area contributed by atoms with Crippen LogP contribution >= 0.6 is 0 Å². The summed E-state index contributed by atoms with van der Waals surface area (Å²) in [5.41, 5.74) is 4.77. The molecule has 1 N–H and O–H groups in total. The van der Waals surface area contributed by atoms with Gasteiger partial charge in [-0.25, -0.2) is 8.42 Å². The average molecular weight is 644 g/mol. The molecule has 0 fully saturated rings. The summed E-state index contributed by atoms with van der Waals surface area (Å²) in [6, 6.07) is 31.2. The van der Waals surface area contributed by atoms with Crippen molar-refractivity contribution in [2.24, 2.45) is 5.92 Å². The van der Waals surface area contributed by atoms with Crippen molar-refractivity contribution >= 4 is 16.0 Å². The largest absolute Gasteiger partial charge is 0.455 e. The number of hydrogen-bond acceptors (Lipinski definition) is 6. The van der Waals surface area contributed by atoms with Crippen LogP contribution in [-0.2, 0) is 37.4 Å². The number of sulfonamides is 1. The quantitative estimate of drug-likeness (QED) is 0.110. The number of ether oxygens (including phenoxy) is 2. The lowest BCUT2D eigenvalue weighted by molar-refractivity contribution is -0.160. The van der Waals surface area contributed by atoms with Gasteiger partial charge in [0, 0.05) is 13.2 Å². The normalized spacial score (nSPS) is 14.4. The van der Waals surface area contributed by atoms with E-state index in [9.17, 15) is 18.3 Å². The molecule has 0 unspecified atom stereocenters. The second kappa shape index (κ2) is 16.1. The van der Waals surface area contributed by atoms with Crippen LogP contribution in [0.4, 0.5) is 0 Å². The number of aryl methyl sites for hydroxylation is 3. The third-order valence-electron chi connectivity index (χ3n) is 8.23. The van der Waals surface area contributed by atoms with Gasteiger partial charge in [-0.2, -0.15) is 4.31 Å². The third kappa shape index (κ3) is 8.91. The smallest absolute Gasteiger partial charge is 0.311 e. The van der Waals surface area contributed by atoms with Crippen molar-refractivity contribution in [1.82, 2.24) is 4.31 Å². The molecule has 244 valence electrons. The number of carbonyl (C=O) groups is 1. The van der Waals surface area contributed by atoms with Gasteiger partial charge in [-0.05, 0) is 68.9 Å². The summed E-state index contributed by atoms with van der Waals surface area (Å²) in [6.45, 7) is 9.69. The number of hydrogen-bond donors (Lipinski definition) is 1. The Morgan fingerprint density at radius 1 is 0.804 bits per heavy atom. The monoisotopic (exact) mass is 643 g/mol. The zero-order valence-electron chi connectivity index (χ0n) is 27.3. The highest BCUT2D eigenvalue weighted by atomic mass is 32.2.